The Morgan fingerprint density at radius 1 is 1.24 bits per heavy atom. The third kappa shape index (κ3) is 6.35. The van der Waals surface area contributed by atoms with Crippen LogP contribution in [0.1, 0.15) is 25.5 Å². The number of nitrogens with two attached hydrogens (primary N) is 1. The van der Waals surface area contributed by atoms with E-state index in [1.165, 1.54) is 0 Å². The van der Waals surface area contributed by atoms with Crippen LogP contribution in [0.5, 0.6) is 0 Å². The van der Waals surface area contributed by atoms with Gasteiger partial charge in [-0.25, -0.2) is 4.68 Å². The lowest BCUT2D eigenvalue weighted by Crippen LogP contribution is -2.10. The average Bonchev–Trinajstić information content (AvgIpc) is 2.80. The largest absolute Gasteiger partial charge is 0.379 e. The van der Waals surface area contributed by atoms with Crippen LogP contribution >= 0.6 is 0 Å². The van der Waals surface area contributed by atoms with Crippen LogP contribution in [-0.2, 0) is 22.6 Å². The highest BCUT2D eigenvalue weighted by molar-refractivity contribution is 4.90. The minimum atomic E-state index is 0.423. The van der Waals surface area contributed by atoms with Gasteiger partial charge in [0.1, 0.15) is 0 Å². The number of hydrogen-bond acceptors (Lipinski definition) is 5. The molecule has 17 heavy (non-hydrogen) atoms. The number of nitrogens with zero attached hydrogens (tertiary/aromatic N) is 3. The smallest absolute Gasteiger partial charge is 0.0962 e. The number of rotatable bonds is 10. The van der Waals surface area contributed by atoms with Crippen LogP contribution in [0, 0.1) is 0 Å². The molecule has 1 heterocycles. The lowest BCUT2D eigenvalue weighted by Gasteiger charge is -2.05. The lowest BCUT2D eigenvalue weighted by molar-refractivity contribution is 0.0429. The summed E-state index contributed by atoms with van der Waals surface area (Å²) in [4.78, 5) is 0. The van der Waals surface area contributed by atoms with E-state index < -0.39 is 0 Å². The fraction of sp³-hybridized carbons (Fsp3) is 0.818. The van der Waals surface area contributed by atoms with Crippen molar-refractivity contribution in [3.05, 3.63) is 11.9 Å². The molecule has 0 aromatic carbocycles. The summed E-state index contributed by atoms with van der Waals surface area (Å²) in [5.74, 6) is 0. The van der Waals surface area contributed by atoms with Crippen LogP contribution in [-0.4, -0.2) is 41.4 Å². The molecule has 1 aromatic heterocycles. The molecule has 6 nitrogen and oxygen atoms in total. The van der Waals surface area contributed by atoms with Gasteiger partial charge in [-0.3, -0.25) is 0 Å². The number of unbranched alkanes of at least 4 members (excludes halogenated alkanes) is 1. The predicted molar refractivity (Wildman–Crippen MR) is 64.5 cm³/mol. The number of ether oxygens (including phenoxy) is 2. The zero-order valence-corrected chi connectivity index (χ0v) is 10.5. The van der Waals surface area contributed by atoms with Crippen molar-refractivity contribution in [3.63, 3.8) is 0 Å². The topological polar surface area (TPSA) is 75.2 Å². The van der Waals surface area contributed by atoms with Crippen LogP contribution in [0.3, 0.4) is 0 Å². The Morgan fingerprint density at radius 2 is 2.00 bits per heavy atom. The molecule has 0 radical (unpaired) electrons. The molecule has 0 saturated heterocycles. The molecule has 98 valence electrons. The van der Waals surface area contributed by atoms with Crippen molar-refractivity contribution < 1.29 is 9.47 Å². The quantitative estimate of drug-likeness (QED) is 0.607. The molecule has 0 saturated carbocycles. The maximum absolute atomic E-state index is 5.43. The second-order valence-electron chi connectivity index (χ2n) is 3.76. The first-order chi connectivity index (χ1) is 8.36. The molecule has 0 bridgehead atoms. The Labute approximate surface area is 102 Å². The van der Waals surface area contributed by atoms with Gasteiger partial charge >= 0.3 is 0 Å². The van der Waals surface area contributed by atoms with E-state index in [4.69, 9.17) is 15.2 Å². The van der Waals surface area contributed by atoms with Gasteiger partial charge in [0.2, 0.25) is 0 Å². The highest BCUT2D eigenvalue weighted by Gasteiger charge is 1.97. The fourth-order valence-corrected chi connectivity index (χ4v) is 1.27. The molecule has 0 atom stereocenters. The van der Waals surface area contributed by atoms with Gasteiger partial charge in [-0.05, 0) is 6.42 Å². The van der Waals surface area contributed by atoms with Crippen LogP contribution < -0.4 is 5.73 Å². The third-order valence-corrected chi connectivity index (χ3v) is 2.27. The van der Waals surface area contributed by atoms with Crippen LogP contribution in [0.4, 0.5) is 0 Å². The number of hydrogen-bond donors (Lipinski definition) is 1. The molecule has 0 unspecified atom stereocenters. The molecule has 0 aliphatic heterocycles. The first kappa shape index (κ1) is 14.1. The minimum Gasteiger partial charge on any atom is -0.379 e. The van der Waals surface area contributed by atoms with Crippen molar-refractivity contribution in [1.29, 1.82) is 0 Å². The molecular formula is C11H22N4O2. The summed E-state index contributed by atoms with van der Waals surface area (Å²) < 4.78 is 12.5. The zero-order valence-electron chi connectivity index (χ0n) is 10.5. The van der Waals surface area contributed by atoms with Gasteiger partial charge in [0.15, 0.2) is 0 Å². The molecule has 0 aliphatic carbocycles. The van der Waals surface area contributed by atoms with E-state index >= 15 is 0 Å². The van der Waals surface area contributed by atoms with Gasteiger partial charge in [0.25, 0.3) is 0 Å². The molecule has 1 aromatic rings. The summed E-state index contributed by atoms with van der Waals surface area (Å²) in [6, 6.07) is 0. The Morgan fingerprint density at radius 3 is 2.65 bits per heavy atom. The third-order valence-electron chi connectivity index (χ3n) is 2.27. The van der Waals surface area contributed by atoms with E-state index in [9.17, 15) is 0 Å². The molecule has 6 heteroatoms. The summed E-state index contributed by atoms with van der Waals surface area (Å²) in [5.41, 5.74) is 6.23. The van der Waals surface area contributed by atoms with Crippen LogP contribution in [0.2, 0.25) is 0 Å². The fourth-order valence-electron chi connectivity index (χ4n) is 1.27. The molecule has 2 N–H and O–H groups in total. The first-order valence-electron chi connectivity index (χ1n) is 6.11. The van der Waals surface area contributed by atoms with Crippen molar-refractivity contribution in [1.82, 2.24) is 15.0 Å². The normalized spacial score (nSPS) is 10.9. The zero-order chi connectivity index (χ0) is 12.3. The molecule has 0 aliphatic rings. The van der Waals surface area contributed by atoms with Crippen molar-refractivity contribution in [2.75, 3.05) is 26.4 Å². The SMILES string of the molecule is CCCCOCCOCCn1cc(CN)nn1. The summed E-state index contributed by atoms with van der Waals surface area (Å²) in [5, 5.41) is 7.81. The maximum Gasteiger partial charge on any atom is 0.0962 e. The van der Waals surface area contributed by atoms with Crippen molar-refractivity contribution >= 4 is 0 Å². The van der Waals surface area contributed by atoms with E-state index in [1.807, 2.05) is 6.20 Å². The van der Waals surface area contributed by atoms with Crippen molar-refractivity contribution in [2.24, 2.45) is 5.73 Å². The number of aromatic nitrogens is 3. The minimum absolute atomic E-state index is 0.423. The monoisotopic (exact) mass is 242 g/mol. The highest BCUT2D eigenvalue weighted by Crippen LogP contribution is 1.91. The summed E-state index contributed by atoms with van der Waals surface area (Å²) in [6.45, 7) is 5.99. The lowest BCUT2D eigenvalue weighted by atomic mass is 10.4. The maximum atomic E-state index is 5.43. The van der Waals surface area contributed by atoms with Crippen LogP contribution in [0.15, 0.2) is 6.20 Å². The second kappa shape index (κ2) is 9.09. The van der Waals surface area contributed by atoms with E-state index in [2.05, 4.69) is 17.2 Å². The second-order valence-corrected chi connectivity index (χ2v) is 3.76. The van der Waals surface area contributed by atoms with Gasteiger partial charge < -0.3 is 15.2 Å². The molecule has 1 rings (SSSR count). The molecule has 0 spiro atoms. The first-order valence-corrected chi connectivity index (χ1v) is 6.11. The van der Waals surface area contributed by atoms with E-state index in [-0.39, 0.29) is 0 Å². The molecule has 0 fully saturated rings. The van der Waals surface area contributed by atoms with Gasteiger partial charge in [-0.2, -0.15) is 0 Å². The predicted octanol–water partition coefficient (Wildman–Crippen LogP) is 0.570. The van der Waals surface area contributed by atoms with Crippen molar-refractivity contribution in [2.45, 2.75) is 32.9 Å². The van der Waals surface area contributed by atoms with Gasteiger partial charge in [-0.15, -0.1) is 5.10 Å². The average molecular weight is 242 g/mol. The van der Waals surface area contributed by atoms with E-state index in [0.717, 1.165) is 25.1 Å². The Hall–Kier alpha value is -0.980. The summed E-state index contributed by atoms with van der Waals surface area (Å²) >= 11 is 0. The van der Waals surface area contributed by atoms with Gasteiger partial charge in [0.05, 0.1) is 32.1 Å². The summed E-state index contributed by atoms with van der Waals surface area (Å²) in [6.07, 6.45) is 4.11. The Bertz CT molecular complexity index is 291. The van der Waals surface area contributed by atoms with E-state index in [0.29, 0.717) is 32.9 Å². The highest BCUT2D eigenvalue weighted by atomic mass is 16.5. The standard InChI is InChI=1S/C11H22N4O2/c1-2-3-5-16-7-8-17-6-4-15-10-11(9-12)13-14-15/h10H,2-9,12H2,1H3. The van der Waals surface area contributed by atoms with Crippen LogP contribution in [0.25, 0.3) is 0 Å². The van der Waals surface area contributed by atoms with E-state index in [1.54, 1.807) is 4.68 Å². The molecule has 0 amide bonds. The summed E-state index contributed by atoms with van der Waals surface area (Å²) in [7, 11) is 0. The Kier molecular flexibility index (Phi) is 7.53. The van der Waals surface area contributed by atoms with Crippen molar-refractivity contribution in [3.8, 4) is 0 Å². The van der Waals surface area contributed by atoms with Gasteiger partial charge in [-0.1, -0.05) is 18.6 Å². The molecular weight excluding hydrogens is 220 g/mol. The Balaban J connectivity index is 1.93. The van der Waals surface area contributed by atoms with Gasteiger partial charge in [0, 0.05) is 19.3 Å².